The lowest BCUT2D eigenvalue weighted by atomic mass is 9.98. The van der Waals surface area contributed by atoms with Crippen LogP contribution in [0.2, 0.25) is 0 Å². The van der Waals surface area contributed by atoms with Crippen molar-refractivity contribution in [1.82, 2.24) is 15.0 Å². The van der Waals surface area contributed by atoms with Gasteiger partial charge >= 0.3 is 0 Å². The number of fused-ring (bicyclic) bond motifs is 1. The van der Waals surface area contributed by atoms with Gasteiger partial charge in [-0.25, -0.2) is 9.97 Å². The number of aromatic nitrogens is 3. The van der Waals surface area contributed by atoms with Gasteiger partial charge in [0.2, 0.25) is 0 Å². The molecule has 0 aliphatic carbocycles. The maximum atomic E-state index is 12.5. The van der Waals surface area contributed by atoms with Crippen LogP contribution in [0.4, 0.5) is 0 Å². The van der Waals surface area contributed by atoms with Gasteiger partial charge in [-0.3, -0.25) is 4.98 Å². The van der Waals surface area contributed by atoms with Crippen LogP contribution in [0.3, 0.4) is 0 Å². The summed E-state index contributed by atoms with van der Waals surface area (Å²) in [5, 5.41) is 3.01. The molecule has 0 saturated carbocycles. The van der Waals surface area contributed by atoms with E-state index >= 15 is 0 Å². The lowest BCUT2D eigenvalue weighted by Crippen LogP contribution is -2.02. The van der Waals surface area contributed by atoms with E-state index in [-0.39, 0.29) is 0 Å². The van der Waals surface area contributed by atoms with Gasteiger partial charge in [0.15, 0.2) is 0 Å². The molecule has 0 atom stereocenters. The Hall–Kier alpha value is -5.18. The molecule has 0 unspecified atom stereocenters. The summed E-state index contributed by atoms with van der Waals surface area (Å²) in [6.07, 6.45) is 1.84. The summed E-state index contributed by atoms with van der Waals surface area (Å²) in [6.45, 7) is 3.60. The van der Waals surface area contributed by atoms with E-state index in [9.17, 15) is 4.57 Å². The van der Waals surface area contributed by atoms with Crippen molar-refractivity contribution in [2.45, 2.75) is 0 Å². The minimum absolute atomic E-state index is 0.735. The molecular formula is C39H30N3OP. The van der Waals surface area contributed by atoms with E-state index in [2.05, 4.69) is 60.7 Å². The molecule has 0 amide bonds. The Morgan fingerprint density at radius 3 is 1.48 bits per heavy atom. The largest absolute Gasteiger partial charge is 0.319 e. The highest BCUT2D eigenvalue weighted by Gasteiger charge is 2.21. The van der Waals surface area contributed by atoms with Crippen molar-refractivity contribution in [3.05, 3.63) is 146 Å². The maximum absolute atomic E-state index is 12.5. The molecule has 7 aromatic rings. The second-order valence-electron chi connectivity index (χ2n) is 11.2. The Morgan fingerprint density at radius 1 is 0.432 bits per heavy atom. The van der Waals surface area contributed by atoms with E-state index in [0.717, 1.165) is 72.4 Å². The Morgan fingerprint density at radius 2 is 0.886 bits per heavy atom. The third kappa shape index (κ3) is 5.37. The van der Waals surface area contributed by atoms with Crippen molar-refractivity contribution in [3.8, 4) is 56.3 Å². The van der Waals surface area contributed by atoms with Gasteiger partial charge in [-0.15, -0.1) is 0 Å². The van der Waals surface area contributed by atoms with E-state index in [0.29, 0.717) is 0 Å². The third-order valence-electron chi connectivity index (χ3n) is 7.87. The minimum atomic E-state index is -2.31. The molecule has 0 fully saturated rings. The summed E-state index contributed by atoms with van der Waals surface area (Å²) in [4.78, 5) is 15.6. The van der Waals surface area contributed by atoms with Gasteiger partial charge in [-0.05, 0) is 35.9 Å². The Bertz CT molecular complexity index is 2130. The van der Waals surface area contributed by atoms with Gasteiger partial charge in [0.1, 0.15) is 12.8 Å². The lowest BCUT2D eigenvalue weighted by Gasteiger charge is -2.17. The van der Waals surface area contributed by atoms with Crippen molar-refractivity contribution >= 4 is 23.2 Å². The zero-order valence-corrected chi connectivity index (χ0v) is 25.4. The molecular weight excluding hydrogens is 557 g/mol. The predicted molar refractivity (Wildman–Crippen MR) is 184 cm³/mol. The molecule has 5 heteroatoms. The molecule has 2 aromatic heterocycles. The van der Waals surface area contributed by atoms with E-state index in [4.69, 9.17) is 15.0 Å². The fraction of sp³-hybridized carbons (Fsp3) is 0.0513. The summed E-state index contributed by atoms with van der Waals surface area (Å²) in [5.41, 5.74) is 9.02. The summed E-state index contributed by atoms with van der Waals surface area (Å²) >= 11 is 0. The lowest BCUT2D eigenvalue weighted by molar-refractivity contribution is 0.588. The number of rotatable bonds is 6. The van der Waals surface area contributed by atoms with Gasteiger partial charge in [-0.1, -0.05) is 133 Å². The van der Waals surface area contributed by atoms with Crippen LogP contribution >= 0.6 is 7.14 Å². The first-order valence-corrected chi connectivity index (χ1v) is 17.2. The molecule has 44 heavy (non-hydrogen) atoms. The first-order chi connectivity index (χ1) is 21.5. The van der Waals surface area contributed by atoms with E-state index in [1.165, 1.54) is 0 Å². The second kappa shape index (κ2) is 11.5. The zero-order chi connectivity index (χ0) is 30.1. The summed E-state index contributed by atoms with van der Waals surface area (Å²) in [5.74, 6) is 0. The standard InChI is InChI=1S/C39H30N3OP/c1-44(2,43)33-23-21-28(22-24-33)27-17-19-32(20-18-27)37-39(38-34-16-10-9-11-29(34)25-26-40-38)42-36(31-14-7-4-8-15-31)35(41-37)30-12-5-3-6-13-30/h3-26H,1-2H3. The van der Waals surface area contributed by atoms with Crippen LogP contribution < -0.4 is 5.30 Å². The quantitative estimate of drug-likeness (QED) is 0.182. The number of nitrogens with zero attached hydrogens (tertiary/aromatic N) is 3. The van der Waals surface area contributed by atoms with Gasteiger partial charge in [0, 0.05) is 33.6 Å². The number of hydrogen-bond donors (Lipinski definition) is 0. The fourth-order valence-corrected chi connectivity index (χ4v) is 6.41. The first-order valence-electron chi connectivity index (χ1n) is 14.6. The smallest absolute Gasteiger partial charge is 0.116 e. The molecule has 5 aromatic carbocycles. The topological polar surface area (TPSA) is 55.7 Å². The van der Waals surface area contributed by atoms with E-state index < -0.39 is 7.14 Å². The number of hydrogen-bond acceptors (Lipinski definition) is 4. The van der Waals surface area contributed by atoms with Crippen molar-refractivity contribution in [1.29, 1.82) is 0 Å². The zero-order valence-electron chi connectivity index (χ0n) is 24.6. The first kappa shape index (κ1) is 27.6. The van der Waals surface area contributed by atoms with Crippen LogP contribution in [-0.4, -0.2) is 28.3 Å². The average molecular weight is 588 g/mol. The van der Waals surface area contributed by atoms with Crippen LogP contribution in [0.5, 0.6) is 0 Å². The van der Waals surface area contributed by atoms with Gasteiger partial charge < -0.3 is 4.57 Å². The van der Waals surface area contributed by atoms with Gasteiger partial charge in [0.25, 0.3) is 0 Å². The van der Waals surface area contributed by atoms with Crippen molar-refractivity contribution in [2.24, 2.45) is 0 Å². The molecule has 0 saturated heterocycles. The van der Waals surface area contributed by atoms with Crippen LogP contribution in [-0.2, 0) is 4.57 Å². The number of pyridine rings is 1. The third-order valence-corrected chi connectivity index (χ3v) is 9.41. The highest BCUT2D eigenvalue weighted by Crippen LogP contribution is 2.39. The molecule has 2 heterocycles. The van der Waals surface area contributed by atoms with Crippen LogP contribution in [0, 0.1) is 0 Å². The Balaban J connectivity index is 1.45. The van der Waals surface area contributed by atoms with E-state index in [1.807, 2.05) is 85.1 Å². The summed E-state index contributed by atoms with van der Waals surface area (Å²) in [7, 11) is -2.31. The predicted octanol–water partition coefficient (Wildman–Crippen LogP) is 9.61. The van der Waals surface area contributed by atoms with Crippen LogP contribution in [0.15, 0.2) is 146 Å². The Kier molecular flexibility index (Phi) is 7.21. The van der Waals surface area contributed by atoms with Crippen molar-refractivity contribution < 1.29 is 4.57 Å². The SMILES string of the molecule is CP(C)(=O)c1ccc(-c2ccc(-c3nc(-c4ccccc4)c(-c4ccccc4)nc3-c3nccc4ccccc34)cc2)cc1. The van der Waals surface area contributed by atoms with Crippen LogP contribution in [0.1, 0.15) is 0 Å². The molecule has 0 radical (unpaired) electrons. The van der Waals surface area contributed by atoms with Gasteiger partial charge in [0.05, 0.1) is 22.8 Å². The summed E-state index contributed by atoms with van der Waals surface area (Å²) in [6, 6.07) is 47.2. The molecule has 0 bridgehead atoms. The monoisotopic (exact) mass is 587 g/mol. The molecule has 7 rings (SSSR count). The van der Waals surface area contributed by atoms with Gasteiger partial charge in [-0.2, -0.15) is 0 Å². The molecule has 0 aliphatic rings. The fourth-order valence-electron chi connectivity index (χ4n) is 5.54. The van der Waals surface area contributed by atoms with Crippen molar-refractivity contribution in [2.75, 3.05) is 13.3 Å². The highest BCUT2D eigenvalue weighted by molar-refractivity contribution is 7.70. The molecule has 212 valence electrons. The number of benzene rings is 5. The maximum Gasteiger partial charge on any atom is 0.116 e. The molecule has 0 spiro atoms. The average Bonchev–Trinajstić information content (AvgIpc) is 3.08. The molecule has 0 N–H and O–H groups in total. The molecule has 4 nitrogen and oxygen atoms in total. The van der Waals surface area contributed by atoms with E-state index in [1.54, 1.807) is 13.3 Å². The summed E-state index contributed by atoms with van der Waals surface area (Å²) < 4.78 is 12.5. The second-order valence-corrected chi connectivity index (χ2v) is 14.4. The highest BCUT2D eigenvalue weighted by atomic mass is 31.2. The normalized spacial score (nSPS) is 11.5. The van der Waals surface area contributed by atoms with Crippen molar-refractivity contribution in [3.63, 3.8) is 0 Å². The minimum Gasteiger partial charge on any atom is -0.319 e. The Labute approximate surface area is 257 Å². The molecule has 0 aliphatic heterocycles. The van der Waals surface area contributed by atoms with Crippen LogP contribution in [0.25, 0.3) is 67.1 Å².